The summed E-state index contributed by atoms with van der Waals surface area (Å²) in [7, 11) is 0. The van der Waals surface area contributed by atoms with Crippen molar-refractivity contribution in [1.82, 2.24) is 0 Å². The van der Waals surface area contributed by atoms with Crippen molar-refractivity contribution < 1.29 is 28.4 Å². The maximum atomic E-state index is 6.98. The van der Waals surface area contributed by atoms with Crippen LogP contribution in [-0.2, 0) is 0 Å². The van der Waals surface area contributed by atoms with Gasteiger partial charge in [-0.1, -0.05) is 116 Å². The fraction of sp³-hybridized carbons (Fsp3) is 0.786. The van der Waals surface area contributed by atoms with Crippen molar-refractivity contribution in [3.8, 4) is 34.5 Å². The van der Waals surface area contributed by atoms with Crippen molar-refractivity contribution in [2.24, 2.45) is 34.4 Å². The van der Waals surface area contributed by atoms with E-state index >= 15 is 0 Å². The van der Waals surface area contributed by atoms with Crippen molar-refractivity contribution in [1.29, 1.82) is 0 Å². The molecule has 0 amide bonds. The van der Waals surface area contributed by atoms with Gasteiger partial charge in [0, 0.05) is 0 Å². The van der Waals surface area contributed by atoms with Gasteiger partial charge < -0.3 is 62.8 Å². The standard InChI is InChI=1S/C84H150N6O6S6/c85-43-19-13-37-61-97-55-31-7-1-25-49-91-79-67-73-74(68-80(79)92-50-26-2-8-32-56-98-62-38-14-20-44-86)76-70-82(94-52-28-4-10-34-58-100-64-40-16-22-46-88)84(96-54-30-6-12-36-60-102-66-42-18-24-48-90)72-78(76)77-71-83(95-53-29-5-11-35-59-101-65-41-17-23-47-89)81(69-75(73)77)93-51-27-3-9-33-57-99-63-39-15-21-45-87/h67-72H,1-66,85-90H2. The highest BCUT2D eigenvalue weighted by Gasteiger charge is 2.21. The smallest absolute Gasteiger partial charge is 0.161 e. The van der Waals surface area contributed by atoms with Gasteiger partial charge in [0.15, 0.2) is 34.5 Å². The average molecular weight is 1530 g/mol. The Kier molecular flexibility index (Phi) is 62.3. The minimum atomic E-state index is 0.638. The van der Waals surface area contributed by atoms with E-state index in [1.165, 1.54) is 223 Å². The Morgan fingerprint density at radius 2 is 0.275 bits per heavy atom. The Labute approximate surface area is 649 Å². The highest BCUT2D eigenvalue weighted by Crippen LogP contribution is 2.48. The van der Waals surface area contributed by atoms with Crippen LogP contribution < -0.4 is 62.8 Å². The summed E-state index contributed by atoms with van der Waals surface area (Å²) >= 11 is 12.6. The summed E-state index contributed by atoms with van der Waals surface area (Å²) in [5.41, 5.74) is 34.5. The van der Waals surface area contributed by atoms with Crippen molar-refractivity contribution in [2.75, 3.05) is 148 Å². The summed E-state index contributed by atoms with van der Waals surface area (Å²) in [5.74, 6) is 19.6. The highest BCUT2D eigenvalue weighted by atomic mass is 32.2. The normalized spacial score (nSPS) is 11.7. The van der Waals surface area contributed by atoms with Gasteiger partial charge in [-0.2, -0.15) is 70.6 Å². The summed E-state index contributed by atoms with van der Waals surface area (Å²) in [4.78, 5) is 0. The van der Waals surface area contributed by atoms with Gasteiger partial charge in [-0.25, -0.2) is 0 Å². The van der Waals surface area contributed by atoms with E-state index in [-0.39, 0.29) is 0 Å². The minimum absolute atomic E-state index is 0.638. The predicted octanol–water partition coefficient (Wildman–Crippen LogP) is 22.0. The number of thioether (sulfide) groups is 6. The molecule has 0 aliphatic rings. The second-order valence-corrected chi connectivity index (χ2v) is 35.2. The van der Waals surface area contributed by atoms with Gasteiger partial charge in [0.1, 0.15) is 0 Å². The SMILES string of the molecule is NCCCCCSCCCCCCOc1cc2c3cc(OCCCCCCSCCCCCN)c(OCCCCCCSCCCCCN)cc3c3cc(OCCCCCCSCCCCCN)c(OCCCCCCSCCCCCN)cc3c2cc1OCCCCCCSCCCCCN. The van der Waals surface area contributed by atoms with Gasteiger partial charge in [0.25, 0.3) is 0 Å². The summed E-state index contributed by atoms with van der Waals surface area (Å²) in [5, 5.41) is 6.69. The van der Waals surface area contributed by atoms with Crippen LogP contribution in [0.4, 0.5) is 0 Å². The maximum absolute atomic E-state index is 6.98. The lowest BCUT2D eigenvalue weighted by Crippen LogP contribution is -2.05. The van der Waals surface area contributed by atoms with Gasteiger partial charge >= 0.3 is 0 Å². The van der Waals surface area contributed by atoms with Gasteiger partial charge in [-0.05, 0) is 331 Å². The molecule has 0 heterocycles. The van der Waals surface area contributed by atoms with E-state index < -0.39 is 0 Å². The average Bonchev–Trinajstić information content (AvgIpc) is 0.728. The van der Waals surface area contributed by atoms with Gasteiger partial charge in [0.2, 0.25) is 0 Å². The Morgan fingerprint density at radius 1 is 0.157 bits per heavy atom. The van der Waals surface area contributed by atoms with Crippen LogP contribution >= 0.6 is 70.6 Å². The number of unbranched alkanes of at least 4 members (excludes halogenated alkanes) is 30. The Bertz CT molecular complexity index is 2090. The maximum Gasteiger partial charge on any atom is 0.161 e. The van der Waals surface area contributed by atoms with Crippen LogP contribution in [0.2, 0.25) is 0 Å². The van der Waals surface area contributed by atoms with Crippen LogP contribution in [0, 0.1) is 0 Å². The fourth-order valence-corrected chi connectivity index (χ4v) is 18.6. The minimum Gasteiger partial charge on any atom is -0.490 e. The topological polar surface area (TPSA) is 212 Å². The third-order valence-corrected chi connectivity index (χ3v) is 25.7. The molecular formula is C84H150N6O6S6. The fourth-order valence-electron chi connectivity index (χ4n) is 12.5. The first kappa shape index (κ1) is 92.7. The lowest BCUT2D eigenvalue weighted by atomic mass is 9.93. The molecule has 12 N–H and O–H groups in total. The molecule has 0 aliphatic carbocycles. The quantitative estimate of drug-likeness (QED) is 0.0179. The molecule has 0 radical (unpaired) electrons. The molecule has 18 heteroatoms. The van der Waals surface area contributed by atoms with E-state index in [0.29, 0.717) is 39.6 Å². The largest absolute Gasteiger partial charge is 0.490 e. The highest BCUT2D eigenvalue weighted by molar-refractivity contribution is 8.00. The number of ether oxygens (including phenoxy) is 6. The zero-order valence-electron chi connectivity index (χ0n) is 64.5. The van der Waals surface area contributed by atoms with Crippen LogP contribution in [-0.4, -0.2) is 148 Å². The second kappa shape index (κ2) is 68.6. The molecule has 0 spiro atoms. The molecule has 0 saturated heterocycles. The first-order valence-electron chi connectivity index (χ1n) is 41.6. The van der Waals surface area contributed by atoms with Crippen LogP contribution in [0.5, 0.6) is 34.5 Å². The molecule has 0 fully saturated rings. The second-order valence-electron chi connectivity index (χ2n) is 27.9. The Hall–Kier alpha value is -1.68. The van der Waals surface area contributed by atoms with E-state index in [9.17, 15) is 0 Å². The van der Waals surface area contributed by atoms with Crippen molar-refractivity contribution in [3.63, 3.8) is 0 Å². The molecule has 0 bridgehead atoms. The van der Waals surface area contributed by atoms with Gasteiger partial charge in [0.05, 0.1) is 39.6 Å². The van der Waals surface area contributed by atoms with Crippen LogP contribution in [0.3, 0.4) is 0 Å². The molecular weight excluding hydrogens is 1380 g/mol. The van der Waals surface area contributed by atoms with E-state index in [2.05, 4.69) is 107 Å². The molecule has 4 aromatic carbocycles. The molecule has 102 heavy (non-hydrogen) atoms. The predicted molar refractivity (Wildman–Crippen MR) is 464 cm³/mol. The first-order valence-corrected chi connectivity index (χ1v) is 48.5. The number of fused-ring (bicyclic) bond motifs is 6. The van der Waals surface area contributed by atoms with Gasteiger partial charge in [-0.15, -0.1) is 0 Å². The summed E-state index contributed by atoms with van der Waals surface area (Å²) in [6, 6.07) is 13.8. The van der Waals surface area contributed by atoms with E-state index in [1.54, 1.807) is 0 Å². The summed E-state index contributed by atoms with van der Waals surface area (Å²) < 4.78 is 41.9. The summed E-state index contributed by atoms with van der Waals surface area (Å²) in [6.07, 6.45) is 49.3. The zero-order valence-corrected chi connectivity index (χ0v) is 69.4. The molecule has 0 saturated carbocycles. The lowest BCUT2D eigenvalue weighted by molar-refractivity contribution is 0.259. The molecule has 0 aromatic heterocycles. The van der Waals surface area contributed by atoms with Crippen molar-refractivity contribution >= 4 is 103 Å². The Morgan fingerprint density at radius 3 is 0.402 bits per heavy atom. The molecule has 0 atom stereocenters. The third kappa shape index (κ3) is 46.0. The lowest BCUT2D eigenvalue weighted by Gasteiger charge is -2.21. The molecule has 4 rings (SSSR count). The molecule has 12 nitrogen and oxygen atoms in total. The molecule has 0 aliphatic heterocycles. The van der Waals surface area contributed by atoms with Crippen LogP contribution in [0.15, 0.2) is 36.4 Å². The monoisotopic (exact) mass is 1530 g/mol. The molecule has 4 aromatic rings. The number of benzene rings is 4. The number of hydrogen-bond acceptors (Lipinski definition) is 18. The van der Waals surface area contributed by atoms with Crippen LogP contribution in [0.25, 0.3) is 32.3 Å². The molecule has 588 valence electrons. The number of rotatable bonds is 78. The van der Waals surface area contributed by atoms with E-state index in [4.69, 9.17) is 62.8 Å². The molecule has 0 unspecified atom stereocenters. The number of hydrogen-bond donors (Lipinski definition) is 6. The van der Waals surface area contributed by atoms with Crippen LogP contribution in [0.1, 0.15) is 270 Å². The van der Waals surface area contributed by atoms with Gasteiger partial charge in [-0.3, -0.25) is 0 Å². The first-order chi connectivity index (χ1) is 50.6. The number of nitrogens with two attached hydrogens (primary N) is 6. The third-order valence-electron chi connectivity index (χ3n) is 18.7. The van der Waals surface area contributed by atoms with Crippen molar-refractivity contribution in [3.05, 3.63) is 36.4 Å². The van der Waals surface area contributed by atoms with E-state index in [1.807, 2.05) is 0 Å². The Balaban J connectivity index is 1.76. The van der Waals surface area contributed by atoms with Crippen molar-refractivity contribution in [2.45, 2.75) is 270 Å². The summed E-state index contributed by atoms with van der Waals surface area (Å²) in [6.45, 7) is 8.61. The van der Waals surface area contributed by atoms with E-state index in [0.717, 1.165) is 222 Å². The zero-order chi connectivity index (χ0) is 72.3.